The van der Waals surface area contributed by atoms with E-state index in [0.717, 1.165) is 0 Å². The number of rotatable bonds is 0. The zero-order valence-electron chi connectivity index (χ0n) is 15.8. The fraction of sp³-hybridized carbons (Fsp3) is 0.900. The largest absolute Gasteiger partial charge is 0.461 e. The van der Waals surface area contributed by atoms with Crippen LogP contribution in [0.4, 0.5) is 0 Å². The van der Waals surface area contributed by atoms with Gasteiger partial charge in [0.15, 0.2) is 12.1 Å². The summed E-state index contributed by atoms with van der Waals surface area (Å²) < 4.78 is 18.1. The van der Waals surface area contributed by atoms with Gasteiger partial charge in [-0.2, -0.15) is 0 Å². The smallest absolute Gasteiger partial charge is 0.320 e. The van der Waals surface area contributed by atoms with E-state index >= 15 is 0 Å². The Morgan fingerprint density at radius 1 is 1.07 bits per heavy atom. The van der Waals surface area contributed by atoms with Crippen LogP contribution in [0.1, 0.15) is 40.0 Å². The van der Waals surface area contributed by atoms with E-state index in [1.54, 1.807) is 0 Å². The first-order valence-corrected chi connectivity index (χ1v) is 10.0. The highest BCUT2D eigenvalue weighted by molar-refractivity contribution is 6.11. The highest BCUT2D eigenvalue weighted by Crippen LogP contribution is 2.74. The lowest BCUT2D eigenvalue weighted by atomic mass is 9.43. The van der Waals surface area contributed by atoms with Gasteiger partial charge in [0.25, 0.3) is 0 Å². The van der Waals surface area contributed by atoms with Crippen molar-refractivity contribution in [2.24, 2.45) is 34.0 Å². The number of carbonyl (C=O) groups is 2. The first-order chi connectivity index (χ1) is 12.6. The van der Waals surface area contributed by atoms with Crippen molar-refractivity contribution in [2.75, 3.05) is 6.61 Å². The lowest BCUT2D eigenvalue weighted by Crippen LogP contribution is -2.71. The lowest BCUT2D eigenvalue weighted by molar-refractivity contribution is -0.252. The van der Waals surface area contributed by atoms with Crippen LogP contribution in [0.5, 0.6) is 0 Å². The minimum absolute atomic E-state index is 0.0618. The Morgan fingerprint density at radius 3 is 2.56 bits per heavy atom. The summed E-state index contributed by atoms with van der Waals surface area (Å²) in [6, 6.07) is 0. The van der Waals surface area contributed by atoms with E-state index in [0.29, 0.717) is 19.4 Å². The second-order valence-electron chi connectivity index (χ2n) is 10.5. The van der Waals surface area contributed by atoms with Gasteiger partial charge >= 0.3 is 5.97 Å². The maximum Gasteiger partial charge on any atom is 0.320 e. The van der Waals surface area contributed by atoms with Gasteiger partial charge in [0, 0.05) is 23.7 Å². The zero-order valence-corrected chi connectivity index (χ0v) is 15.8. The van der Waals surface area contributed by atoms with Crippen molar-refractivity contribution >= 4 is 11.8 Å². The molecule has 3 heterocycles. The summed E-state index contributed by atoms with van der Waals surface area (Å²) in [5.74, 6) is -2.16. The van der Waals surface area contributed by atoms with Crippen molar-refractivity contribution < 1.29 is 34.0 Å². The molecule has 2 N–H and O–H groups in total. The van der Waals surface area contributed by atoms with Crippen LogP contribution in [0.15, 0.2) is 0 Å². The molecule has 148 valence electrons. The third kappa shape index (κ3) is 1.49. The minimum atomic E-state index is -1.62. The van der Waals surface area contributed by atoms with E-state index in [-0.39, 0.29) is 23.9 Å². The molecule has 27 heavy (non-hydrogen) atoms. The van der Waals surface area contributed by atoms with Crippen LogP contribution < -0.4 is 0 Å². The van der Waals surface area contributed by atoms with E-state index in [9.17, 15) is 19.8 Å². The average Bonchev–Trinajstić information content (AvgIpc) is 3.07. The molecule has 0 radical (unpaired) electrons. The molecule has 7 heteroatoms. The van der Waals surface area contributed by atoms with Crippen molar-refractivity contribution in [3.8, 4) is 0 Å². The number of Topliss-reactive ketones (excluding diaryl/α,β-unsaturated/α-hetero) is 1. The maximum absolute atomic E-state index is 13.4. The molecule has 0 aromatic rings. The summed E-state index contributed by atoms with van der Waals surface area (Å²) in [5.41, 5.74) is -3.96. The van der Waals surface area contributed by atoms with Gasteiger partial charge in [0.2, 0.25) is 0 Å². The van der Waals surface area contributed by atoms with Gasteiger partial charge in [0.05, 0.1) is 18.8 Å². The molecule has 10 atom stereocenters. The van der Waals surface area contributed by atoms with Crippen molar-refractivity contribution in [3.05, 3.63) is 0 Å². The maximum atomic E-state index is 13.4. The van der Waals surface area contributed by atoms with E-state index in [4.69, 9.17) is 14.2 Å². The molecule has 2 spiro atoms. The minimum Gasteiger partial charge on any atom is -0.461 e. The molecule has 0 aromatic heterocycles. The molecule has 3 saturated heterocycles. The molecule has 3 aliphatic heterocycles. The van der Waals surface area contributed by atoms with Crippen LogP contribution in [-0.4, -0.2) is 58.8 Å². The van der Waals surface area contributed by atoms with E-state index in [1.807, 2.05) is 0 Å². The average molecular weight is 378 g/mol. The molecule has 6 rings (SSSR count). The number of carbonyl (C=O) groups excluding carboxylic acids is 2. The number of ether oxygens (including phenoxy) is 3. The molecule has 3 aliphatic carbocycles. The summed E-state index contributed by atoms with van der Waals surface area (Å²) in [6.45, 7) is 6.07. The molecule has 6 aliphatic rings. The third-order valence-corrected chi connectivity index (χ3v) is 9.17. The number of aliphatic hydroxyl groups excluding tert-OH is 1. The monoisotopic (exact) mass is 378 g/mol. The summed E-state index contributed by atoms with van der Waals surface area (Å²) in [5, 5.41) is 22.1. The standard InChI is InChI=1S/C20H26O7/c1-17(2)10-5-11-20(7-25-14(26-10)13(17)20)12-9(21)4-8-6-19(12,16(23)27-11)15(22)18(8,3)24/h8-14,21,24H,4-7H2,1-3H3/t8-,9-,10?,11-,12?,13?,14+,18?,19?,20?/m0/s1. The van der Waals surface area contributed by atoms with Crippen LogP contribution in [0.2, 0.25) is 0 Å². The second kappa shape index (κ2) is 4.42. The van der Waals surface area contributed by atoms with Crippen LogP contribution in [0.25, 0.3) is 0 Å². The molecule has 0 amide bonds. The lowest BCUT2D eigenvalue weighted by Gasteiger charge is -2.61. The SMILES string of the molecule is CC1(C)C2C[C@@H]3OC(=O)C45C[C@H](C[C@H](O)C4C34CO[C@H](O2)C14)C(C)(O)C5=O. The summed E-state index contributed by atoms with van der Waals surface area (Å²) >= 11 is 0. The van der Waals surface area contributed by atoms with E-state index < -0.39 is 58.5 Å². The molecule has 6 fully saturated rings. The quantitative estimate of drug-likeness (QED) is 0.465. The first-order valence-electron chi connectivity index (χ1n) is 10.0. The van der Waals surface area contributed by atoms with Crippen molar-refractivity contribution in [1.82, 2.24) is 0 Å². The highest BCUT2D eigenvalue weighted by atomic mass is 16.7. The van der Waals surface area contributed by atoms with Gasteiger partial charge in [-0.25, -0.2) is 0 Å². The Labute approximate surface area is 157 Å². The number of hydrogen-bond acceptors (Lipinski definition) is 7. The van der Waals surface area contributed by atoms with Crippen molar-refractivity contribution in [2.45, 2.75) is 70.2 Å². The fourth-order valence-electron chi connectivity index (χ4n) is 8.08. The number of esters is 1. The van der Waals surface area contributed by atoms with E-state index in [1.165, 1.54) is 6.92 Å². The Balaban J connectivity index is 1.60. The third-order valence-electron chi connectivity index (χ3n) is 9.17. The Morgan fingerprint density at radius 2 is 1.81 bits per heavy atom. The molecular weight excluding hydrogens is 352 g/mol. The molecular formula is C20H26O7. The Bertz CT molecular complexity index is 774. The van der Waals surface area contributed by atoms with Crippen LogP contribution in [0.3, 0.4) is 0 Å². The van der Waals surface area contributed by atoms with Crippen molar-refractivity contribution in [3.63, 3.8) is 0 Å². The van der Waals surface area contributed by atoms with Gasteiger partial charge in [0.1, 0.15) is 17.1 Å². The molecule has 4 bridgehead atoms. The predicted octanol–water partition coefficient (Wildman–Crippen LogP) is 0.407. The molecule has 0 aromatic carbocycles. The number of aliphatic hydroxyl groups is 2. The van der Waals surface area contributed by atoms with Crippen LogP contribution in [0, 0.1) is 34.0 Å². The predicted molar refractivity (Wildman–Crippen MR) is 89.1 cm³/mol. The first kappa shape index (κ1) is 16.9. The van der Waals surface area contributed by atoms with E-state index in [2.05, 4.69) is 13.8 Å². The molecule has 3 saturated carbocycles. The zero-order chi connectivity index (χ0) is 19.1. The number of hydrogen-bond donors (Lipinski definition) is 2. The normalized spacial score (nSPS) is 62.2. The van der Waals surface area contributed by atoms with Gasteiger partial charge in [-0.05, 0) is 31.1 Å². The van der Waals surface area contributed by atoms with Crippen LogP contribution in [-0.2, 0) is 23.8 Å². The second-order valence-corrected chi connectivity index (χ2v) is 10.5. The Kier molecular flexibility index (Phi) is 2.77. The number of fused-ring (bicyclic) bond motifs is 2. The topological polar surface area (TPSA) is 102 Å². The van der Waals surface area contributed by atoms with Crippen LogP contribution >= 0.6 is 0 Å². The number of ketones is 1. The highest BCUT2D eigenvalue weighted by Gasteiger charge is 2.83. The van der Waals surface area contributed by atoms with Gasteiger partial charge in [-0.15, -0.1) is 0 Å². The molecule has 6 unspecified atom stereocenters. The Hall–Kier alpha value is -1.02. The fourth-order valence-corrected chi connectivity index (χ4v) is 8.08. The summed E-state index contributed by atoms with van der Waals surface area (Å²) in [6.07, 6.45) is -0.643. The summed E-state index contributed by atoms with van der Waals surface area (Å²) in [7, 11) is 0. The summed E-state index contributed by atoms with van der Waals surface area (Å²) in [4.78, 5) is 26.6. The molecule has 7 nitrogen and oxygen atoms in total. The van der Waals surface area contributed by atoms with Crippen molar-refractivity contribution in [1.29, 1.82) is 0 Å². The van der Waals surface area contributed by atoms with Gasteiger partial charge in [-0.3, -0.25) is 9.59 Å². The van der Waals surface area contributed by atoms with Gasteiger partial charge < -0.3 is 24.4 Å². The van der Waals surface area contributed by atoms with Gasteiger partial charge in [-0.1, -0.05) is 13.8 Å².